The fourth-order valence-electron chi connectivity index (χ4n) is 1.03. The molecule has 1 aliphatic rings. The van der Waals surface area contributed by atoms with Crippen molar-refractivity contribution < 1.29 is 29.9 Å². The molecule has 0 atom stereocenters. The molecule has 0 saturated carbocycles. The SMILES string of the molecule is O=C(OO)C1C=CC(Cl)(C(=O)OO)C=C1. The van der Waals surface area contributed by atoms with Crippen molar-refractivity contribution in [2.24, 2.45) is 5.92 Å². The molecule has 6 nitrogen and oxygen atoms in total. The quantitative estimate of drug-likeness (QED) is 0.317. The lowest BCUT2D eigenvalue weighted by Gasteiger charge is -2.19. The van der Waals surface area contributed by atoms with Crippen molar-refractivity contribution in [3.8, 4) is 0 Å². The second-order valence-corrected chi connectivity index (χ2v) is 3.43. The van der Waals surface area contributed by atoms with E-state index in [1.54, 1.807) is 0 Å². The first-order valence-electron chi connectivity index (χ1n) is 3.82. The molecule has 0 aromatic carbocycles. The standard InChI is InChI=1S/C8H7ClO6/c9-8(7(11)15-13)3-1-5(2-4-8)6(10)14-12/h1-5,12-13H. The first-order chi connectivity index (χ1) is 7.03. The highest BCUT2D eigenvalue weighted by Crippen LogP contribution is 2.27. The number of halogens is 1. The Hall–Kier alpha value is -1.37. The van der Waals surface area contributed by atoms with Crippen LogP contribution >= 0.6 is 11.6 Å². The Bertz CT molecular complexity index is 320. The van der Waals surface area contributed by atoms with E-state index in [4.69, 9.17) is 22.1 Å². The Morgan fingerprint density at radius 1 is 1.20 bits per heavy atom. The molecule has 0 heterocycles. The van der Waals surface area contributed by atoms with Crippen molar-refractivity contribution in [3.05, 3.63) is 24.3 Å². The first kappa shape index (κ1) is 11.7. The van der Waals surface area contributed by atoms with E-state index in [9.17, 15) is 9.59 Å². The zero-order valence-corrected chi connectivity index (χ0v) is 8.05. The maximum atomic E-state index is 11.0. The van der Waals surface area contributed by atoms with E-state index in [0.717, 1.165) is 12.2 Å². The van der Waals surface area contributed by atoms with E-state index in [0.29, 0.717) is 0 Å². The van der Waals surface area contributed by atoms with E-state index in [2.05, 4.69) is 9.78 Å². The molecule has 82 valence electrons. The Morgan fingerprint density at radius 3 is 2.13 bits per heavy atom. The molecule has 0 spiro atoms. The Kier molecular flexibility index (Phi) is 3.46. The predicted octanol–water partition coefficient (Wildman–Crippen LogP) is 0.739. The summed E-state index contributed by atoms with van der Waals surface area (Å²) < 4.78 is 0. The van der Waals surface area contributed by atoms with Gasteiger partial charge < -0.3 is 4.89 Å². The Labute approximate surface area is 89.2 Å². The number of hydrogen-bond donors (Lipinski definition) is 2. The molecule has 2 N–H and O–H groups in total. The molecule has 0 aliphatic heterocycles. The average molecular weight is 235 g/mol. The molecule has 0 fully saturated rings. The van der Waals surface area contributed by atoms with E-state index >= 15 is 0 Å². The van der Waals surface area contributed by atoms with Crippen molar-refractivity contribution >= 4 is 23.5 Å². The maximum Gasteiger partial charge on any atom is 0.370 e. The van der Waals surface area contributed by atoms with Gasteiger partial charge in [-0.25, -0.2) is 9.59 Å². The number of rotatable bonds is 2. The summed E-state index contributed by atoms with van der Waals surface area (Å²) in [6, 6.07) is 0. The van der Waals surface area contributed by atoms with Gasteiger partial charge in [-0.1, -0.05) is 35.9 Å². The average Bonchev–Trinajstić information content (AvgIpc) is 2.28. The zero-order chi connectivity index (χ0) is 11.5. The molecule has 0 radical (unpaired) electrons. The number of carbonyl (C=O) groups excluding carboxylic acids is 2. The van der Waals surface area contributed by atoms with Crippen LogP contribution < -0.4 is 0 Å². The van der Waals surface area contributed by atoms with Crippen molar-refractivity contribution in [1.29, 1.82) is 0 Å². The number of hydrogen-bond acceptors (Lipinski definition) is 6. The third-order valence-electron chi connectivity index (χ3n) is 1.85. The smallest absolute Gasteiger partial charge is 0.300 e. The highest BCUT2D eigenvalue weighted by atomic mass is 35.5. The molecule has 0 bridgehead atoms. The van der Waals surface area contributed by atoms with Gasteiger partial charge in [-0.3, -0.25) is 4.89 Å². The van der Waals surface area contributed by atoms with Gasteiger partial charge in [0.05, 0.1) is 5.92 Å². The van der Waals surface area contributed by atoms with Gasteiger partial charge in [-0.2, -0.15) is 10.5 Å². The van der Waals surface area contributed by atoms with Crippen molar-refractivity contribution in [3.63, 3.8) is 0 Å². The van der Waals surface area contributed by atoms with Gasteiger partial charge in [0.1, 0.15) is 0 Å². The summed E-state index contributed by atoms with van der Waals surface area (Å²) in [4.78, 5) is 27.1. The molecule has 1 aliphatic carbocycles. The van der Waals surface area contributed by atoms with Crippen molar-refractivity contribution in [1.82, 2.24) is 0 Å². The summed E-state index contributed by atoms with van der Waals surface area (Å²) in [6.45, 7) is 0. The van der Waals surface area contributed by atoms with Gasteiger partial charge >= 0.3 is 11.9 Å². The van der Waals surface area contributed by atoms with E-state index in [1.807, 2.05) is 0 Å². The molecule has 0 aromatic rings. The highest BCUT2D eigenvalue weighted by molar-refractivity contribution is 6.37. The minimum Gasteiger partial charge on any atom is -0.300 e. The topological polar surface area (TPSA) is 93.1 Å². The summed E-state index contributed by atoms with van der Waals surface area (Å²) >= 11 is 5.72. The largest absolute Gasteiger partial charge is 0.370 e. The number of alkyl halides is 1. The molecular formula is C8H7ClO6. The van der Waals surface area contributed by atoms with Crippen LogP contribution in [0.1, 0.15) is 0 Å². The van der Waals surface area contributed by atoms with Crippen LogP contribution in [0.2, 0.25) is 0 Å². The van der Waals surface area contributed by atoms with Gasteiger partial charge in [0.15, 0.2) is 4.87 Å². The van der Waals surface area contributed by atoms with E-state index in [-0.39, 0.29) is 0 Å². The third-order valence-corrected chi connectivity index (χ3v) is 2.26. The van der Waals surface area contributed by atoms with Crippen LogP contribution in [0.5, 0.6) is 0 Å². The molecule has 0 amide bonds. The first-order valence-corrected chi connectivity index (χ1v) is 4.20. The summed E-state index contributed by atoms with van der Waals surface area (Å²) in [7, 11) is 0. The monoisotopic (exact) mass is 234 g/mol. The van der Waals surface area contributed by atoms with Crippen LogP contribution in [0.4, 0.5) is 0 Å². The lowest BCUT2D eigenvalue weighted by Crippen LogP contribution is -2.32. The summed E-state index contributed by atoms with van der Waals surface area (Å²) in [5.74, 6) is -2.82. The minimum atomic E-state index is -1.64. The van der Waals surface area contributed by atoms with Gasteiger partial charge in [-0.05, 0) is 0 Å². The maximum absolute atomic E-state index is 11.0. The lowest BCUT2D eigenvalue weighted by molar-refractivity contribution is -0.236. The number of carbonyl (C=O) groups is 2. The van der Waals surface area contributed by atoms with Gasteiger partial charge in [0.2, 0.25) is 0 Å². The van der Waals surface area contributed by atoms with Crippen LogP contribution in [0, 0.1) is 5.92 Å². The summed E-state index contributed by atoms with van der Waals surface area (Å²) in [6.07, 6.45) is 4.77. The lowest BCUT2D eigenvalue weighted by atomic mass is 9.96. The Balaban J connectivity index is 2.79. The molecule has 7 heteroatoms. The molecule has 1 rings (SSSR count). The van der Waals surface area contributed by atoms with Crippen LogP contribution in [0.25, 0.3) is 0 Å². The fraction of sp³-hybridized carbons (Fsp3) is 0.250. The molecule has 15 heavy (non-hydrogen) atoms. The molecular weight excluding hydrogens is 228 g/mol. The van der Waals surface area contributed by atoms with Crippen LogP contribution in [0.3, 0.4) is 0 Å². The predicted molar refractivity (Wildman–Crippen MR) is 47.8 cm³/mol. The van der Waals surface area contributed by atoms with E-state index in [1.165, 1.54) is 12.2 Å². The van der Waals surface area contributed by atoms with Gasteiger partial charge in [0, 0.05) is 0 Å². The molecule has 0 unspecified atom stereocenters. The van der Waals surface area contributed by atoms with Gasteiger partial charge in [-0.15, -0.1) is 0 Å². The van der Waals surface area contributed by atoms with Crippen LogP contribution in [0.15, 0.2) is 24.3 Å². The van der Waals surface area contributed by atoms with Crippen molar-refractivity contribution in [2.45, 2.75) is 4.87 Å². The van der Waals surface area contributed by atoms with E-state index < -0.39 is 22.7 Å². The second kappa shape index (κ2) is 4.43. The summed E-state index contributed by atoms with van der Waals surface area (Å²) in [5.41, 5.74) is 0. The minimum absolute atomic E-state index is 0.826. The second-order valence-electron chi connectivity index (χ2n) is 2.80. The normalized spacial score (nSPS) is 28.6. The summed E-state index contributed by atoms with van der Waals surface area (Å²) in [5, 5.41) is 16.2. The Morgan fingerprint density at radius 2 is 1.73 bits per heavy atom. The highest BCUT2D eigenvalue weighted by Gasteiger charge is 2.36. The van der Waals surface area contributed by atoms with Crippen LogP contribution in [-0.2, 0) is 19.4 Å². The van der Waals surface area contributed by atoms with Gasteiger partial charge in [0.25, 0.3) is 0 Å². The fourth-order valence-corrected chi connectivity index (χ4v) is 1.21. The van der Waals surface area contributed by atoms with Crippen LogP contribution in [-0.4, -0.2) is 27.3 Å². The van der Waals surface area contributed by atoms with Crippen molar-refractivity contribution in [2.75, 3.05) is 0 Å². The zero-order valence-electron chi connectivity index (χ0n) is 7.29. The third kappa shape index (κ3) is 2.35. The molecule has 0 saturated heterocycles. The molecule has 0 aromatic heterocycles.